The van der Waals surface area contributed by atoms with Gasteiger partial charge < -0.3 is 14.6 Å². The second-order valence-corrected chi connectivity index (χ2v) is 6.48. The molecule has 1 fully saturated rings. The molecule has 1 saturated heterocycles. The fraction of sp³-hybridized carbons (Fsp3) is 0.571. The van der Waals surface area contributed by atoms with Gasteiger partial charge in [0.1, 0.15) is 5.75 Å². The van der Waals surface area contributed by atoms with Gasteiger partial charge >= 0.3 is 0 Å². The third-order valence-electron chi connectivity index (χ3n) is 3.90. The summed E-state index contributed by atoms with van der Waals surface area (Å²) in [5.74, 6) is 2.10. The molecule has 1 aliphatic heterocycles. The lowest BCUT2D eigenvalue weighted by atomic mass is 10.0. The summed E-state index contributed by atoms with van der Waals surface area (Å²) >= 11 is 1.54. The summed E-state index contributed by atoms with van der Waals surface area (Å²) in [6.07, 6.45) is 0. The van der Waals surface area contributed by atoms with E-state index in [4.69, 9.17) is 9.26 Å². The van der Waals surface area contributed by atoms with Gasteiger partial charge in [-0.1, -0.05) is 5.16 Å². The molecule has 0 aliphatic carbocycles. The predicted octanol–water partition coefficient (Wildman–Crippen LogP) is 1.95. The molecule has 3 heterocycles. The Balaban J connectivity index is 1.83. The molecule has 0 aromatic carbocycles. The third-order valence-corrected chi connectivity index (χ3v) is 4.80. The lowest BCUT2D eigenvalue weighted by Crippen LogP contribution is -2.52. The van der Waals surface area contributed by atoms with Crippen LogP contribution in [-0.2, 0) is 5.54 Å². The molecule has 1 N–H and O–H groups in total. The zero-order valence-corrected chi connectivity index (χ0v) is 13.4. The maximum Gasteiger partial charge on any atom is 0.268 e. The molecular weight excluding hydrogens is 288 g/mol. The summed E-state index contributed by atoms with van der Waals surface area (Å²) in [5.41, 5.74) is -0.231. The van der Waals surface area contributed by atoms with Gasteiger partial charge in [-0.2, -0.15) is 4.98 Å². The van der Waals surface area contributed by atoms with Crippen molar-refractivity contribution < 1.29 is 9.26 Å². The number of hydrogen-bond acceptors (Lipinski definition) is 7. The monoisotopic (exact) mass is 308 g/mol. The summed E-state index contributed by atoms with van der Waals surface area (Å²) in [5, 5.41) is 9.48. The second kappa shape index (κ2) is 5.75. The average molecular weight is 308 g/mol. The van der Waals surface area contributed by atoms with E-state index in [-0.39, 0.29) is 5.54 Å². The van der Waals surface area contributed by atoms with Crippen LogP contribution in [0.5, 0.6) is 5.75 Å². The second-order valence-electron chi connectivity index (χ2n) is 5.57. The summed E-state index contributed by atoms with van der Waals surface area (Å²) < 4.78 is 10.6. The van der Waals surface area contributed by atoms with Crippen molar-refractivity contribution in [2.24, 2.45) is 0 Å². The molecule has 0 saturated carbocycles. The number of rotatable bonds is 4. The van der Waals surface area contributed by atoms with Crippen LogP contribution >= 0.6 is 11.3 Å². The van der Waals surface area contributed by atoms with Crippen LogP contribution < -0.4 is 10.1 Å². The first-order chi connectivity index (χ1) is 10.1. The first-order valence-corrected chi connectivity index (χ1v) is 7.92. The van der Waals surface area contributed by atoms with Crippen molar-refractivity contribution in [3.63, 3.8) is 0 Å². The molecule has 0 spiro atoms. The van der Waals surface area contributed by atoms with Crippen LogP contribution in [0.4, 0.5) is 0 Å². The molecule has 0 radical (unpaired) electrons. The Bertz CT molecular complexity index is 602. The normalized spacial score (nSPS) is 17.1. The smallest absolute Gasteiger partial charge is 0.268 e. The van der Waals surface area contributed by atoms with E-state index in [1.807, 2.05) is 11.4 Å². The van der Waals surface area contributed by atoms with E-state index >= 15 is 0 Å². The molecular formula is C14H20N4O2S. The van der Waals surface area contributed by atoms with Crippen LogP contribution in [-0.4, -0.2) is 48.3 Å². The van der Waals surface area contributed by atoms with Gasteiger partial charge in [0.2, 0.25) is 0 Å². The number of thiophene rings is 1. The first kappa shape index (κ1) is 14.5. The number of nitrogens with zero attached hydrogens (tertiary/aromatic N) is 3. The summed E-state index contributed by atoms with van der Waals surface area (Å²) in [6.45, 7) is 8.25. The van der Waals surface area contributed by atoms with E-state index < -0.39 is 0 Å². The molecule has 0 atom stereocenters. The minimum Gasteiger partial charge on any atom is -0.496 e. The summed E-state index contributed by atoms with van der Waals surface area (Å²) in [6, 6.07) is 1.92. The van der Waals surface area contributed by atoms with E-state index in [9.17, 15) is 0 Å². The zero-order chi connectivity index (χ0) is 14.9. The van der Waals surface area contributed by atoms with Crippen molar-refractivity contribution in [3.8, 4) is 16.5 Å². The highest BCUT2D eigenvalue weighted by Gasteiger charge is 2.34. The van der Waals surface area contributed by atoms with Gasteiger partial charge in [0.15, 0.2) is 5.82 Å². The van der Waals surface area contributed by atoms with Crippen LogP contribution in [0.25, 0.3) is 10.8 Å². The van der Waals surface area contributed by atoms with Crippen LogP contribution in [0.15, 0.2) is 16.0 Å². The number of aromatic nitrogens is 2. The van der Waals surface area contributed by atoms with Gasteiger partial charge in [0.05, 0.1) is 17.5 Å². The van der Waals surface area contributed by atoms with Gasteiger partial charge in [-0.3, -0.25) is 4.90 Å². The van der Waals surface area contributed by atoms with Crippen molar-refractivity contribution in [1.29, 1.82) is 0 Å². The summed E-state index contributed by atoms with van der Waals surface area (Å²) in [7, 11) is 1.65. The molecule has 6 nitrogen and oxygen atoms in total. The molecule has 7 heteroatoms. The van der Waals surface area contributed by atoms with Crippen molar-refractivity contribution in [2.75, 3.05) is 33.3 Å². The molecule has 2 aromatic heterocycles. The Morgan fingerprint density at radius 1 is 1.38 bits per heavy atom. The Labute approximate surface area is 128 Å². The minimum absolute atomic E-state index is 0.231. The summed E-state index contributed by atoms with van der Waals surface area (Å²) in [4.78, 5) is 7.90. The standard InChI is InChI=1S/C14H20N4O2S/c1-14(2,18-6-4-15-5-7-18)13-16-12(20-17-13)11-8-10(19-3)9-21-11/h8-9,15H,4-7H2,1-3H3. The molecule has 114 valence electrons. The molecule has 3 rings (SSSR count). The number of ether oxygens (including phenoxy) is 1. The van der Waals surface area contributed by atoms with E-state index in [1.165, 1.54) is 0 Å². The molecule has 0 bridgehead atoms. The number of hydrogen-bond donors (Lipinski definition) is 1. The molecule has 21 heavy (non-hydrogen) atoms. The Hall–Kier alpha value is -1.44. The van der Waals surface area contributed by atoms with Crippen LogP contribution in [0.3, 0.4) is 0 Å². The number of nitrogens with one attached hydrogen (secondary N) is 1. The Morgan fingerprint density at radius 2 is 2.14 bits per heavy atom. The molecule has 2 aromatic rings. The topological polar surface area (TPSA) is 63.4 Å². The van der Waals surface area contributed by atoms with Crippen LogP contribution in [0, 0.1) is 0 Å². The Kier molecular flexibility index (Phi) is 3.97. The zero-order valence-electron chi connectivity index (χ0n) is 12.5. The molecule has 1 aliphatic rings. The number of methoxy groups -OCH3 is 1. The molecule has 0 amide bonds. The highest BCUT2D eigenvalue weighted by molar-refractivity contribution is 7.13. The minimum atomic E-state index is -0.231. The maximum atomic E-state index is 5.44. The van der Waals surface area contributed by atoms with Gasteiger partial charge in [0.25, 0.3) is 5.89 Å². The third kappa shape index (κ3) is 2.81. The van der Waals surface area contributed by atoms with Crippen molar-refractivity contribution >= 4 is 11.3 Å². The first-order valence-electron chi connectivity index (χ1n) is 7.04. The van der Waals surface area contributed by atoms with E-state index in [0.29, 0.717) is 5.89 Å². The van der Waals surface area contributed by atoms with E-state index in [2.05, 4.69) is 34.2 Å². The SMILES string of the molecule is COc1csc(-c2nc(C(C)(C)N3CCNCC3)no2)c1. The Morgan fingerprint density at radius 3 is 2.81 bits per heavy atom. The van der Waals surface area contributed by atoms with E-state index in [1.54, 1.807) is 18.4 Å². The average Bonchev–Trinajstić information content (AvgIpc) is 3.17. The molecule has 0 unspecified atom stereocenters. The van der Waals surface area contributed by atoms with Crippen molar-refractivity contribution in [3.05, 3.63) is 17.3 Å². The highest BCUT2D eigenvalue weighted by Crippen LogP contribution is 2.32. The quantitative estimate of drug-likeness (QED) is 0.931. The highest BCUT2D eigenvalue weighted by atomic mass is 32.1. The van der Waals surface area contributed by atoms with Gasteiger partial charge in [0, 0.05) is 37.6 Å². The lowest BCUT2D eigenvalue weighted by molar-refractivity contribution is 0.0925. The largest absolute Gasteiger partial charge is 0.496 e. The van der Waals surface area contributed by atoms with Gasteiger partial charge in [-0.05, 0) is 13.8 Å². The van der Waals surface area contributed by atoms with Crippen LogP contribution in [0.2, 0.25) is 0 Å². The number of piperazine rings is 1. The fourth-order valence-electron chi connectivity index (χ4n) is 2.48. The van der Waals surface area contributed by atoms with E-state index in [0.717, 1.165) is 42.6 Å². The lowest BCUT2D eigenvalue weighted by Gasteiger charge is -2.38. The predicted molar refractivity (Wildman–Crippen MR) is 81.6 cm³/mol. The van der Waals surface area contributed by atoms with Gasteiger partial charge in [-0.25, -0.2) is 0 Å². The maximum absolute atomic E-state index is 5.44. The fourth-order valence-corrected chi connectivity index (χ4v) is 3.25. The van der Waals surface area contributed by atoms with Crippen molar-refractivity contribution in [2.45, 2.75) is 19.4 Å². The van der Waals surface area contributed by atoms with Gasteiger partial charge in [-0.15, -0.1) is 11.3 Å². The van der Waals surface area contributed by atoms with Crippen LogP contribution in [0.1, 0.15) is 19.7 Å². The van der Waals surface area contributed by atoms with Crippen molar-refractivity contribution in [1.82, 2.24) is 20.4 Å².